The van der Waals surface area contributed by atoms with Gasteiger partial charge in [-0.3, -0.25) is 5.43 Å². The molecule has 0 spiro atoms. The van der Waals surface area contributed by atoms with Crippen LogP contribution in [0.5, 0.6) is 0 Å². The van der Waals surface area contributed by atoms with Crippen LogP contribution in [0.4, 0.5) is 5.69 Å². The molecule has 0 aliphatic carbocycles. The van der Waals surface area contributed by atoms with Crippen LogP contribution in [0, 0.1) is 0 Å². The van der Waals surface area contributed by atoms with Crippen molar-refractivity contribution in [2.24, 2.45) is 10.2 Å². The minimum absolute atomic E-state index is 0.0674. The van der Waals surface area contributed by atoms with Crippen molar-refractivity contribution < 1.29 is 8.42 Å². The van der Waals surface area contributed by atoms with Gasteiger partial charge >= 0.3 is 0 Å². The molecule has 0 radical (unpaired) electrons. The molecule has 104 valence electrons. The second kappa shape index (κ2) is 6.17. The summed E-state index contributed by atoms with van der Waals surface area (Å²) < 4.78 is 23.1. The number of nitrogens with zero attached hydrogens (tertiary/aromatic N) is 1. The zero-order chi connectivity index (χ0) is 14.6. The molecule has 2 aromatic rings. The third kappa shape index (κ3) is 3.89. The van der Waals surface area contributed by atoms with Gasteiger partial charge in [-0.25, -0.2) is 13.6 Å². The Bertz CT molecular complexity index is 728. The van der Waals surface area contributed by atoms with Crippen LogP contribution in [0.2, 0.25) is 0 Å². The van der Waals surface area contributed by atoms with E-state index in [0.717, 1.165) is 10.0 Å². The highest BCUT2D eigenvalue weighted by atomic mass is 79.9. The summed E-state index contributed by atoms with van der Waals surface area (Å²) in [6, 6.07) is 13.7. The Kier molecular flexibility index (Phi) is 4.53. The molecular formula is C13H12BrN3O2S. The fourth-order valence-electron chi connectivity index (χ4n) is 1.48. The molecule has 2 rings (SSSR count). The lowest BCUT2D eigenvalue weighted by Crippen LogP contribution is -2.11. The van der Waals surface area contributed by atoms with E-state index in [2.05, 4.69) is 26.5 Å². The lowest BCUT2D eigenvalue weighted by Gasteiger charge is -2.02. The number of sulfonamides is 1. The molecule has 3 N–H and O–H groups in total. The monoisotopic (exact) mass is 353 g/mol. The van der Waals surface area contributed by atoms with Gasteiger partial charge in [-0.1, -0.05) is 34.1 Å². The van der Waals surface area contributed by atoms with Crippen molar-refractivity contribution in [1.29, 1.82) is 0 Å². The lowest BCUT2D eigenvalue weighted by molar-refractivity contribution is 0.598. The molecule has 0 amide bonds. The van der Waals surface area contributed by atoms with Crippen LogP contribution in [0.1, 0.15) is 5.56 Å². The molecule has 0 saturated carbocycles. The molecule has 2 aromatic carbocycles. The number of primary sulfonamides is 1. The van der Waals surface area contributed by atoms with Crippen LogP contribution in [-0.4, -0.2) is 14.6 Å². The maximum Gasteiger partial charge on any atom is 0.238 e. The normalized spacial score (nSPS) is 11.7. The summed E-state index contributed by atoms with van der Waals surface area (Å²) in [5, 5.41) is 9.10. The number of nitrogens with one attached hydrogen (secondary N) is 1. The first kappa shape index (κ1) is 14.7. The molecule has 0 heterocycles. The van der Waals surface area contributed by atoms with Gasteiger partial charge in [0, 0.05) is 10.0 Å². The van der Waals surface area contributed by atoms with E-state index in [4.69, 9.17) is 5.14 Å². The third-order valence-corrected chi connectivity index (χ3v) is 4.14. The number of nitrogens with two attached hydrogens (primary N) is 1. The van der Waals surface area contributed by atoms with Crippen molar-refractivity contribution in [2.45, 2.75) is 4.90 Å². The maximum atomic E-state index is 11.1. The molecule has 0 bridgehead atoms. The minimum Gasteiger partial charge on any atom is -0.279 e. The number of anilines is 1. The fraction of sp³-hybridized carbons (Fsp3) is 0. The molecule has 0 saturated heterocycles. The number of rotatable bonds is 4. The molecule has 0 aliphatic rings. The number of benzene rings is 2. The molecule has 0 aliphatic heterocycles. The molecule has 20 heavy (non-hydrogen) atoms. The fourth-order valence-corrected chi connectivity index (χ4v) is 2.38. The molecular weight excluding hydrogens is 342 g/mol. The van der Waals surface area contributed by atoms with E-state index >= 15 is 0 Å². The predicted octanol–water partition coefficient (Wildman–Crippen LogP) is 2.54. The van der Waals surface area contributed by atoms with E-state index < -0.39 is 10.0 Å². The van der Waals surface area contributed by atoms with Crippen LogP contribution >= 0.6 is 15.9 Å². The molecule has 0 fully saturated rings. The average Bonchev–Trinajstić information content (AvgIpc) is 2.40. The molecule has 0 aromatic heterocycles. The van der Waals surface area contributed by atoms with Crippen molar-refractivity contribution in [3.63, 3.8) is 0 Å². The number of hydrazone groups is 1. The third-order valence-electron chi connectivity index (χ3n) is 2.49. The molecule has 5 nitrogen and oxygen atoms in total. The van der Waals surface area contributed by atoms with E-state index in [1.165, 1.54) is 12.1 Å². The van der Waals surface area contributed by atoms with Crippen LogP contribution < -0.4 is 10.6 Å². The quantitative estimate of drug-likeness (QED) is 0.654. The smallest absolute Gasteiger partial charge is 0.238 e. The van der Waals surface area contributed by atoms with Crippen molar-refractivity contribution >= 4 is 37.9 Å². The van der Waals surface area contributed by atoms with Gasteiger partial charge in [0.2, 0.25) is 10.0 Å². The lowest BCUT2D eigenvalue weighted by atomic mass is 10.2. The van der Waals surface area contributed by atoms with Gasteiger partial charge < -0.3 is 0 Å². The zero-order valence-corrected chi connectivity index (χ0v) is 12.7. The van der Waals surface area contributed by atoms with Crippen LogP contribution in [0.15, 0.2) is 63.0 Å². The summed E-state index contributed by atoms with van der Waals surface area (Å²) in [4.78, 5) is 0.0674. The standard InChI is InChI=1S/C13H12BrN3O2S/c14-13-4-2-1-3-10(13)9-16-17-11-5-7-12(8-6-11)20(15,18)19/h1-9,17H,(H2,15,18,19). The van der Waals surface area contributed by atoms with Gasteiger partial charge in [0.15, 0.2) is 0 Å². The van der Waals surface area contributed by atoms with Gasteiger partial charge in [-0.05, 0) is 30.3 Å². The maximum absolute atomic E-state index is 11.1. The second-order valence-electron chi connectivity index (χ2n) is 3.96. The Hall–Kier alpha value is -1.70. The highest BCUT2D eigenvalue weighted by Gasteiger charge is 2.06. The van der Waals surface area contributed by atoms with Gasteiger partial charge in [0.25, 0.3) is 0 Å². The zero-order valence-electron chi connectivity index (χ0n) is 10.3. The average molecular weight is 354 g/mol. The summed E-state index contributed by atoms with van der Waals surface area (Å²) in [6.45, 7) is 0. The molecule has 0 unspecified atom stereocenters. The van der Waals surface area contributed by atoms with E-state index in [-0.39, 0.29) is 4.90 Å². The Balaban J connectivity index is 2.07. The topological polar surface area (TPSA) is 84.5 Å². The molecule has 0 atom stereocenters. The Labute approximate surface area is 125 Å². The van der Waals surface area contributed by atoms with Gasteiger partial charge in [0.1, 0.15) is 0 Å². The van der Waals surface area contributed by atoms with Crippen molar-refractivity contribution in [3.05, 3.63) is 58.6 Å². The van der Waals surface area contributed by atoms with Crippen LogP contribution in [-0.2, 0) is 10.0 Å². The van der Waals surface area contributed by atoms with Gasteiger partial charge in [0.05, 0.1) is 16.8 Å². The van der Waals surface area contributed by atoms with E-state index in [1.807, 2.05) is 24.3 Å². The summed E-state index contributed by atoms with van der Waals surface area (Å²) in [7, 11) is -3.66. The summed E-state index contributed by atoms with van der Waals surface area (Å²) >= 11 is 3.41. The van der Waals surface area contributed by atoms with E-state index in [1.54, 1.807) is 18.3 Å². The summed E-state index contributed by atoms with van der Waals surface area (Å²) in [5.74, 6) is 0. The second-order valence-corrected chi connectivity index (χ2v) is 6.38. The minimum atomic E-state index is -3.66. The Morgan fingerprint density at radius 3 is 2.35 bits per heavy atom. The van der Waals surface area contributed by atoms with Crippen LogP contribution in [0.3, 0.4) is 0 Å². The largest absolute Gasteiger partial charge is 0.279 e. The highest BCUT2D eigenvalue weighted by molar-refractivity contribution is 9.10. The highest BCUT2D eigenvalue weighted by Crippen LogP contribution is 2.15. The van der Waals surface area contributed by atoms with E-state index in [0.29, 0.717) is 5.69 Å². The van der Waals surface area contributed by atoms with Crippen molar-refractivity contribution in [2.75, 3.05) is 5.43 Å². The van der Waals surface area contributed by atoms with Crippen molar-refractivity contribution in [1.82, 2.24) is 0 Å². The van der Waals surface area contributed by atoms with Crippen LogP contribution in [0.25, 0.3) is 0 Å². The number of hydrogen-bond donors (Lipinski definition) is 2. The SMILES string of the molecule is NS(=O)(=O)c1ccc(NN=Cc2ccccc2Br)cc1. The van der Waals surface area contributed by atoms with Crippen molar-refractivity contribution in [3.8, 4) is 0 Å². The first-order valence-corrected chi connectivity index (χ1v) is 7.97. The summed E-state index contributed by atoms with van der Waals surface area (Å²) in [6.07, 6.45) is 1.66. The van der Waals surface area contributed by atoms with Gasteiger partial charge in [-0.2, -0.15) is 5.10 Å². The number of hydrogen-bond acceptors (Lipinski definition) is 4. The molecule has 7 heteroatoms. The van der Waals surface area contributed by atoms with E-state index in [9.17, 15) is 8.42 Å². The first-order chi connectivity index (χ1) is 9.47. The Morgan fingerprint density at radius 2 is 1.75 bits per heavy atom. The van der Waals surface area contributed by atoms with Gasteiger partial charge in [-0.15, -0.1) is 0 Å². The predicted molar refractivity (Wildman–Crippen MR) is 83.2 cm³/mol. The Morgan fingerprint density at radius 1 is 1.10 bits per heavy atom. The summed E-state index contributed by atoms with van der Waals surface area (Å²) in [5.41, 5.74) is 4.41. The first-order valence-electron chi connectivity index (χ1n) is 5.63. The number of halogens is 1.